The molecular formula is C18H23NO. The van der Waals surface area contributed by atoms with Crippen molar-refractivity contribution in [2.24, 2.45) is 5.41 Å². The quantitative estimate of drug-likeness (QED) is 0.909. The summed E-state index contributed by atoms with van der Waals surface area (Å²) >= 11 is 0. The van der Waals surface area contributed by atoms with Crippen LogP contribution in [0.3, 0.4) is 0 Å². The van der Waals surface area contributed by atoms with E-state index in [1.807, 2.05) is 24.4 Å². The maximum Gasteiger partial charge on any atom is 0.0704 e. The maximum absolute atomic E-state index is 10.7. The summed E-state index contributed by atoms with van der Waals surface area (Å²) in [4.78, 5) is 4.40. The van der Waals surface area contributed by atoms with E-state index in [-0.39, 0.29) is 11.5 Å². The molecule has 0 amide bonds. The highest BCUT2D eigenvalue weighted by Gasteiger charge is 2.34. The number of aliphatic hydroxyl groups excluding tert-OH is 1. The largest absolute Gasteiger partial charge is 0.392 e. The van der Waals surface area contributed by atoms with E-state index in [4.69, 9.17) is 0 Å². The van der Waals surface area contributed by atoms with Gasteiger partial charge in [0, 0.05) is 11.6 Å². The number of benzene rings is 1. The van der Waals surface area contributed by atoms with Crippen molar-refractivity contribution in [3.63, 3.8) is 0 Å². The highest BCUT2D eigenvalue weighted by atomic mass is 16.3. The third-order valence-electron chi connectivity index (χ3n) is 4.95. The summed E-state index contributed by atoms with van der Waals surface area (Å²) in [5.74, 6) is 0. The van der Waals surface area contributed by atoms with Crippen LogP contribution in [0, 0.1) is 5.41 Å². The molecule has 1 N–H and O–H groups in total. The third-order valence-corrected chi connectivity index (χ3v) is 4.95. The van der Waals surface area contributed by atoms with Gasteiger partial charge in [-0.1, -0.05) is 44.4 Å². The van der Waals surface area contributed by atoms with Crippen molar-refractivity contribution in [3.8, 4) is 0 Å². The first-order valence-electron chi connectivity index (χ1n) is 7.70. The molecule has 1 saturated carbocycles. The zero-order chi connectivity index (χ0) is 14.0. The first-order valence-corrected chi connectivity index (χ1v) is 7.70. The second-order valence-corrected chi connectivity index (χ2v) is 6.42. The summed E-state index contributed by atoms with van der Waals surface area (Å²) < 4.78 is 0. The van der Waals surface area contributed by atoms with Gasteiger partial charge in [0.15, 0.2) is 0 Å². The van der Waals surface area contributed by atoms with Gasteiger partial charge in [-0.15, -0.1) is 0 Å². The van der Waals surface area contributed by atoms with Crippen LogP contribution in [0.2, 0.25) is 0 Å². The van der Waals surface area contributed by atoms with Crippen LogP contribution in [-0.4, -0.2) is 16.2 Å². The molecule has 1 aliphatic rings. The Kier molecular flexibility index (Phi) is 3.75. The van der Waals surface area contributed by atoms with Crippen molar-refractivity contribution in [3.05, 3.63) is 42.1 Å². The molecule has 106 valence electrons. The Labute approximate surface area is 120 Å². The van der Waals surface area contributed by atoms with E-state index >= 15 is 0 Å². The fourth-order valence-corrected chi connectivity index (χ4v) is 3.48. The number of rotatable bonds is 3. The first kappa shape index (κ1) is 13.6. The fourth-order valence-electron chi connectivity index (χ4n) is 3.48. The molecule has 0 radical (unpaired) electrons. The molecular weight excluding hydrogens is 246 g/mol. The molecule has 3 rings (SSSR count). The molecule has 0 spiro atoms. The van der Waals surface area contributed by atoms with Gasteiger partial charge >= 0.3 is 0 Å². The predicted octanol–water partition coefficient (Wildman–Crippen LogP) is 4.11. The minimum Gasteiger partial charge on any atom is -0.392 e. The SMILES string of the molecule is CC1(C(O)Cc2ccnc3ccccc23)CCCCC1. The average Bonchev–Trinajstić information content (AvgIpc) is 2.48. The van der Waals surface area contributed by atoms with Crippen LogP contribution >= 0.6 is 0 Å². The highest BCUT2D eigenvalue weighted by Crippen LogP contribution is 2.40. The third kappa shape index (κ3) is 2.57. The van der Waals surface area contributed by atoms with Crippen LogP contribution in [0.4, 0.5) is 0 Å². The van der Waals surface area contributed by atoms with Crippen molar-refractivity contribution in [2.45, 2.75) is 51.6 Å². The number of hydrogen-bond donors (Lipinski definition) is 1. The molecule has 0 saturated heterocycles. The Balaban J connectivity index is 1.85. The normalized spacial score (nSPS) is 19.9. The molecule has 0 bridgehead atoms. The zero-order valence-electron chi connectivity index (χ0n) is 12.2. The monoisotopic (exact) mass is 269 g/mol. The summed E-state index contributed by atoms with van der Waals surface area (Å²) in [5.41, 5.74) is 2.32. The molecule has 2 aromatic rings. The minimum atomic E-state index is -0.256. The standard InChI is InChI=1S/C18H23NO/c1-18(10-5-2-6-11-18)17(20)13-14-9-12-19-16-8-4-3-7-15(14)16/h3-4,7-9,12,17,20H,2,5-6,10-11,13H2,1H3. The highest BCUT2D eigenvalue weighted by molar-refractivity contribution is 5.81. The molecule has 1 aromatic heterocycles. The summed E-state index contributed by atoms with van der Waals surface area (Å²) in [6, 6.07) is 10.2. The molecule has 20 heavy (non-hydrogen) atoms. The van der Waals surface area contributed by atoms with Gasteiger partial charge in [0.25, 0.3) is 0 Å². The van der Waals surface area contributed by atoms with Crippen molar-refractivity contribution >= 4 is 10.9 Å². The predicted molar refractivity (Wildman–Crippen MR) is 82.6 cm³/mol. The van der Waals surface area contributed by atoms with E-state index in [9.17, 15) is 5.11 Å². The van der Waals surface area contributed by atoms with Crippen LogP contribution in [0.5, 0.6) is 0 Å². The van der Waals surface area contributed by atoms with Crippen molar-refractivity contribution in [1.82, 2.24) is 4.98 Å². The lowest BCUT2D eigenvalue weighted by Crippen LogP contribution is -2.35. The molecule has 1 aliphatic carbocycles. The molecule has 0 aliphatic heterocycles. The van der Waals surface area contributed by atoms with E-state index in [2.05, 4.69) is 24.0 Å². The summed E-state index contributed by atoms with van der Waals surface area (Å²) in [5, 5.41) is 11.9. The van der Waals surface area contributed by atoms with E-state index < -0.39 is 0 Å². The molecule has 1 unspecified atom stereocenters. The number of pyridine rings is 1. The summed E-state index contributed by atoms with van der Waals surface area (Å²) in [7, 11) is 0. The Bertz CT molecular complexity index is 581. The van der Waals surface area contributed by atoms with Crippen LogP contribution in [-0.2, 0) is 6.42 Å². The summed E-state index contributed by atoms with van der Waals surface area (Å²) in [6.45, 7) is 2.25. The van der Waals surface area contributed by atoms with Gasteiger partial charge in [-0.2, -0.15) is 0 Å². The Morgan fingerprint density at radius 3 is 2.70 bits per heavy atom. The molecule has 2 nitrogen and oxygen atoms in total. The van der Waals surface area contributed by atoms with E-state index in [0.717, 1.165) is 24.8 Å². The van der Waals surface area contributed by atoms with Crippen molar-refractivity contribution in [2.75, 3.05) is 0 Å². The molecule has 1 atom stereocenters. The number of fused-ring (bicyclic) bond motifs is 1. The maximum atomic E-state index is 10.7. The van der Waals surface area contributed by atoms with Crippen molar-refractivity contribution in [1.29, 1.82) is 0 Å². The van der Waals surface area contributed by atoms with Gasteiger partial charge in [-0.3, -0.25) is 4.98 Å². The van der Waals surface area contributed by atoms with Gasteiger partial charge in [-0.25, -0.2) is 0 Å². The van der Waals surface area contributed by atoms with Crippen LogP contribution < -0.4 is 0 Å². The lowest BCUT2D eigenvalue weighted by molar-refractivity contribution is 0.0106. The number of aromatic nitrogens is 1. The lowest BCUT2D eigenvalue weighted by Gasteiger charge is -2.38. The number of nitrogens with zero attached hydrogens (tertiary/aromatic N) is 1. The van der Waals surface area contributed by atoms with Crippen LogP contribution in [0.25, 0.3) is 10.9 Å². The molecule has 2 heteroatoms. The van der Waals surface area contributed by atoms with Gasteiger partial charge in [0.05, 0.1) is 11.6 Å². The van der Waals surface area contributed by atoms with Gasteiger partial charge in [-0.05, 0) is 42.4 Å². The lowest BCUT2D eigenvalue weighted by atomic mass is 9.70. The van der Waals surface area contributed by atoms with Crippen LogP contribution in [0.1, 0.15) is 44.6 Å². The first-order chi connectivity index (χ1) is 9.69. The topological polar surface area (TPSA) is 33.1 Å². The summed E-state index contributed by atoms with van der Waals surface area (Å²) in [6.07, 6.45) is 8.46. The van der Waals surface area contributed by atoms with Gasteiger partial charge in [0.1, 0.15) is 0 Å². The number of para-hydroxylation sites is 1. The molecule has 1 fully saturated rings. The van der Waals surface area contributed by atoms with Crippen molar-refractivity contribution < 1.29 is 5.11 Å². The smallest absolute Gasteiger partial charge is 0.0704 e. The van der Waals surface area contributed by atoms with Gasteiger partial charge < -0.3 is 5.11 Å². The van der Waals surface area contributed by atoms with E-state index in [1.165, 1.54) is 30.2 Å². The second kappa shape index (κ2) is 5.53. The Hall–Kier alpha value is -1.41. The van der Waals surface area contributed by atoms with E-state index in [0.29, 0.717) is 0 Å². The minimum absolute atomic E-state index is 0.0859. The average molecular weight is 269 g/mol. The fraction of sp³-hybridized carbons (Fsp3) is 0.500. The number of hydrogen-bond acceptors (Lipinski definition) is 2. The van der Waals surface area contributed by atoms with Crippen LogP contribution in [0.15, 0.2) is 36.5 Å². The number of aliphatic hydroxyl groups is 1. The second-order valence-electron chi connectivity index (χ2n) is 6.42. The molecule has 1 heterocycles. The van der Waals surface area contributed by atoms with E-state index in [1.54, 1.807) is 0 Å². The Morgan fingerprint density at radius 2 is 1.90 bits per heavy atom. The Morgan fingerprint density at radius 1 is 1.15 bits per heavy atom. The molecule has 1 aromatic carbocycles. The zero-order valence-corrected chi connectivity index (χ0v) is 12.2. The van der Waals surface area contributed by atoms with Gasteiger partial charge in [0.2, 0.25) is 0 Å².